The quantitative estimate of drug-likeness (QED) is 0.837. The number of hydrogen-bond donors (Lipinski definition) is 1. The summed E-state index contributed by atoms with van der Waals surface area (Å²) in [4.78, 5) is 11.6. The lowest BCUT2D eigenvalue weighted by molar-refractivity contribution is -0.118. The van der Waals surface area contributed by atoms with Gasteiger partial charge in [0.15, 0.2) is 6.61 Å². The van der Waals surface area contributed by atoms with Crippen molar-refractivity contribution >= 4 is 34.2 Å². The topological polar surface area (TPSA) is 38.3 Å². The van der Waals surface area contributed by atoms with Gasteiger partial charge in [-0.3, -0.25) is 4.79 Å². The number of hydrogen-bond acceptors (Lipinski definition) is 2. The van der Waals surface area contributed by atoms with Gasteiger partial charge in [-0.2, -0.15) is 0 Å². The number of benzene rings is 2. The summed E-state index contributed by atoms with van der Waals surface area (Å²) in [6.45, 7) is -0.113. The average Bonchev–Trinajstić information content (AvgIpc) is 2.41. The fourth-order valence-corrected chi connectivity index (χ4v) is 1.77. The maximum absolute atomic E-state index is 12.7. The first-order valence-corrected chi connectivity index (χ1v) is 6.65. The van der Waals surface area contributed by atoms with Crippen molar-refractivity contribution in [2.24, 2.45) is 0 Å². The molecule has 0 saturated carbocycles. The summed E-state index contributed by atoms with van der Waals surface area (Å²) in [5.74, 6) is -0.139. The molecule has 5 heteroatoms. The van der Waals surface area contributed by atoms with Crippen LogP contribution in [-0.4, -0.2) is 12.5 Å². The molecule has 0 bridgehead atoms. The minimum absolute atomic E-state index is 0.113. The second-order valence-corrected chi connectivity index (χ2v) is 5.04. The Labute approximate surface area is 123 Å². The van der Waals surface area contributed by atoms with E-state index >= 15 is 0 Å². The largest absolute Gasteiger partial charge is 0.484 e. The molecule has 98 valence electrons. The van der Waals surface area contributed by atoms with Gasteiger partial charge < -0.3 is 10.1 Å². The minimum Gasteiger partial charge on any atom is -0.484 e. The standard InChI is InChI=1S/C14H11FINO2/c15-10-1-7-13(8-2-10)19-9-14(18)17-12-5-3-11(16)4-6-12/h1-8H,9H2,(H,17,18). The number of carbonyl (C=O) groups is 1. The number of ether oxygens (including phenoxy) is 1. The maximum atomic E-state index is 12.7. The van der Waals surface area contributed by atoms with Crippen molar-refractivity contribution < 1.29 is 13.9 Å². The van der Waals surface area contributed by atoms with E-state index < -0.39 is 0 Å². The lowest BCUT2D eigenvalue weighted by Crippen LogP contribution is -2.20. The Bertz CT molecular complexity index is 555. The van der Waals surface area contributed by atoms with Crippen LogP contribution in [0, 0.1) is 9.39 Å². The summed E-state index contributed by atoms with van der Waals surface area (Å²) in [7, 11) is 0. The molecule has 0 heterocycles. The molecule has 0 aliphatic heterocycles. The Morgan fingerprint density at radius 2 is 1.74 bits per heavy atom. The molecule has 2 aromatic carbocycles. The smallest absolute Gasteiger partial charge is 0.262 e. The molecule has 3 nitrogen and oxygen atoms in total. The molecular formula is C14H11FINO2. The number of halogens is 2. The Balaban J connectivity index is 1.84. The average molecular weight is 371 g/mol. The number of anilines is 1. The van der Waals surface area contributed by atoms with Crippen LogP contribution in [0.2, 0.25) is 0 Å². The fourth-order valence-electron chi connectivity index (χ4n) is 1.41. The molecule has 0 aliphatic rings. The van der Waals surface area contributed by atoms with E-state index in [0.717, 1.165) is 3.57 Å². The van der Waals surface area contributed by atoms with Crippen LogP contribution in [0.1, 0.15) is 0 Å². The van der Waals surface area contributed by atoms with Gasteiger partial charge in [-0.1, -0.05) is 0 Å². The first kappa shape index (κ1) is 13.8. The number of amides is 1. The Morgan fingerprint density at radius 1 is 1.11 bits per heavy atom. The van der Waals surface area contributed by atoms with Gasteiger partial charge in [0.1, 0.15) is 11.6 Å². The summed E-state index contributed by atoms with van der Waals surface area (Å²) >= 11 is 2.19. The van der Waals surface area contributed by atoms with E-state index in [4.69, 9.17) is 4.74 Å². The minimum atomic E-state index is -0.337. The van der Waals surface area contributed by atoms with Gasteiger partial charge in [-0.05, 0) is 71.1 Å². The van der Waals surface area contributed by atoms with Crippen LogP contribution in [0.15, 0.2) is 48.5 Å². The van der Waals surface area contributed by atoms with Crippen LogP contribution in [-0.2, 0) is 4.79 Å². The third kappa shape index (κ3) is 4.51. The van der Waals surface area contributed by atoms with Crippen LogP contribution in [0.4, 0.5) is 10.1 Å². The normalized spacial score (nSPS) is 10.0. The summed E-state index contributed by atoms with van der Waals surface area (Å²) in [6, 6.07) is 13.0. The molecule has 1 N–H and O–H groups in total. The van der Waals surface area contributed by atoms with Crippen molar-refractivity contribution in [1.82, 2.24) is 0 Å². The monoisotopic (exact) mass is 371 g/mol. The van der Waals surface area contributed by atoms with E-state index in [1.165, 1.54) is 24.3 Å². The van der Waals surface area contributed by atoms with E-state index in [1.54, 1.807) is 0 Å². The zero-order valence-corrected chi connectivity index (χ0v) is 12.1. The third-order valence-corrected chi connectivity index (χ3v) is 3.03. The molecule has 0 saturated heterocycles. The first-order valence-electron chi connectivity index (χ1n) is 5.57. The summed E-state index contributed by atoms with van der Waals surface area (Å²) in [5.41, 5.74) is 0.716. The zero-order valence-electron chi connectivity index (χ0n) is 9.90. The highest BCUT2D eigenvalue weighted by Crippen LogP contribution is 2.12. The maximum Gasteiger partial charge on any atom is 0.262 e. The van der Waals surface area contributed by atoms with E-state index in [9.17, 15) is 9.18 Å². The van der Waals surface area contributed by atoms with E-state index in [2.05, 4.69) is 27.9 Å². The molecule has 0 aromatic heterocycles. The van der Waals surface area contributed by atoms with Crippen LogP contribution in [0.3, 0.4) is 0 Å². The van der Waals surface area contributed by atoms with Crippen LogP contribution in [0.5, 0.6) is 5.75 Å². The predicted octanol–water partition coefficient (Wildman–Crippen LogP) is 3.45. The van der Waals surface area contributed by atoms with Crippen LogP contribution in [0.25, 0.3) is 0 Å². The van der Waals surface area contributed by atoms with E-state index in [0.29, 0.717) is 11.4 Å². The molecule has 2 aromatic rings. The molecule has 0 unspecified atom stereocenters. The lowest BCUT2D eigenvalue weighted by atomic mass is 10.3. The highest BCUT2D eigenvalue weighted by atomic mass is 127. The zero-order chi connectivity index (χ0) is 13.7. The molecule has 19 heavy (non-hydrogen) atoms. The highest BCUT2D eigenvalue weighted by molar-refractivity contribution is 14.1. The third-order valence-electron chi connectivity index (χ3n) is 2.31. The Hall–Kier alpha value is -1.63. The predicted molar refractivity (Wildman–Crippen MR) is 79.7 cm³/mol. The van der Waals surface area contributed by atoms with Crippen LogP contribution < -0.4 is 10.1 Å². The van der Waals surface area contributed by atoms with Crippen molar-refractivity contribution in [3.63, 3.8) is 0 Å². The van der Waals surface area contributed by atoms with Crippen molar-refractivity contribution in [2.45, 2.75) is 0 Å². The molecule has 0 fully saturated rings. The van der Waals surface area contributed by atoms with Crippen molar-refractivity contribution in [3.05, 3.63) is 57.9 Å². The summed E-state index contributed by atoms with van der Waals surface area (Å²) in [6.07, 6.45) is 0. The second-order valence-electron chi connectivity index (χ2n) is 3.80. The van der Waals surface area contributed by atoms with Gasteiger partial charge in [-0.15, -0.1) is 0 Å². The molecule has 0 spiro atoms. The SMILES string of the molecule is O=C(COc1ccc(F)cc1)Nc1ccc(I)cc1. The van der Waals surface area contributed by atoms with Gasteiger partial charge in [0.25, 0.3) is 5.91 Å². The van der Waals surface area contributed by atoms with Crippen molar-refractivity contribution in [2.75, 3.05) is 11.9 Å². The van der Waals surface area contributed by atoms with Gasteiger partial charge in [0.2, 0.25) is 0 Å². The van der Waals surface area contributed by atoms with Crippen LogP contribution >= 0.6 is 22.6 Å². The van der Waals surface area contributed by atoms with Gasteiger partial charge in [-0.25, -0.2) is 4.39 Å². The highest BCUT2D eigenvalue weighted by Gasteiger charge is 2.03. The Morgan fingerprint density at radius 3 is 2.37 bits per heavy atom. The number of nitrogens with one attached hydrogen (secondary N) is 1. The number of carbonyl (C=O) groups excluding carboxylic acids is 1. The summed E-state index contributed by atoms with van der Waals surface area (Å²) in [5, 5.41) is 2.71. The molecule has 0 aliphatic carbocycles. The fraction of sp³-hybridized carbons (Fsp3) is 0.0714. The van der Waals surface area contributed by atoms with E-state index in [-0.39, 0.29) is 18.3 Å². The molecular weight excluding hydrogens is 360 g/mol. The Kier molecular flexibility index (Phi) is 4.73. The lowest BCUT2D eigenvalue weighted by Gasteiger charge is -2.07. The number of rotatable bonds is 4. The van der Waals surface area contributed by atoms with E-state index in [1.807, 2.05) is 24.3 Å². The van der Waals surface area contributed by atoms with Gasteiger partial charge in [0, 0.05) is 9.26 Å². The molecule has 2 rings (SSSR count). The van der Waals surface area contributed by atoms with Crippen molar-refractivity contribution in [1.29, 1.82) is 0 Å². The van der Waals surface area contributed by atoms with Gasteiger partial charge >= 0.3 is 0 Å². The van der Waals surface area contributed by atoms with Gasteiger partial charge in [0.05, 0.1) is 0 Å². The second kappa shape index (κ2) is 6.51. The first-order chi connectivity index (χ1) is 9.13. The summed E-state index contributed by atoms with van der Waals surface area (Å²) < 4.78 is 19.0. The van der Waals surface area contributed by atoms with Crippen molar-refractivity contribution in [3.8, 4) is 5.75 Å². The molecule has 1 amide bonds. The molecule has 0 radical (unpaired) electrons. The molecule has 0 atom stereocenters.